The lowest BCUT2D eigenvalue weighted by Crippen LogP contribution is -2.53. The predicted octanol–water partition coefficient (Wildman–Crippen LogP) is -0.0571. The van der Waals surface area contributed by atoms with E-state index in [2.05, 4.69) is 10.0 Å². The highest BCUT2D eigenvalue weighted by Gasteiger charge is 2.36. The predicted molar refractivity (Wildman–Crippen MR) is 128 cm³/mol. The topological polar surface area (TPSA) is 213 Å². The maximum absolute atomic E-state index is 12.6. The first-order chi connectivity index (χ1) is 16.6. The number of primary sulfonamides is 1. The first-order valence-electron chi connectivity index (χ1n) is 11.0. The van der Waals surface area contributed by atoms with Crippen LogP contribution in [0.25, 0.3) is 0 Å². The number of halogens is 1. The van der Waals surface area contributed by atoms with Crippen molar-refractivity contribution in [3.05, 3.63) is 23.2 Å². The number of carbonyl (C=O) groups excluding carboxylic acids is 1. The van der Waals surface area contributed by atoms with Gasteiger partial charge in [-0.1, -0.05) is 11.6 Å². The van der Waals surface area contributed by atoms with Crippen molar-refractivity contribution in [2.45, 2.75) is 66.9 Å². The number of sulfonamides is 2. The minimum atomic E-state index is -4.24. The van der Waals surface area contributed by atoms with Gasteiger partial charge in [-0.05, 0) is 57.2 Å². The molecule has 0 aliphatic carbocycles. The molecule has 1 aliphatic rings. The van der Waals surface area contributed by atoms with Crippen LogP contribution in [0, 0.1) is 0 Å². The first-order valence-corrected chi connectivity index (χ1v) is 14.4. The van der Waals surface area contributed by atoms with Gasteiger partial charge in [-0.2, -0.15) is 0 Å². The van der Waals surface area contributed by atoms with Crippen molar-refractivity contribution in [2.75, 3.05) is 13.1 Å². The van der Waals surface area contributed by atoms with Crippen LogP contribution in [-0.4, -0.2) is 81.0 Å². The van der Waals surface area contributed by atoms with E-state index in [9.17, 15) is 41.4 Å². The molecule has 1 fully saturated rings. The molecule has 16 heteroatoms. The van der Waals surface area contributed by atoms with Gasteiger partial charge in [0.1, 0.15) is 17.0 Å². The second kappa shape index (κ2) is 12.3. The number of hydrogen-bond acceptors (Lipinski definition) is 8. The van der Waals surface area contributed by atoms with Gasteiger partial charge in [-0.3, -0.25) is 14.9 Å². The van der Waals surface area contributed by atoms with E-state index >= 15 is 0 Å². The molecule has 1 aliphatic heterocycles. The lowest BCUT2D eigenvalue weighted by atomic mass is 10.1. The summed E-state index contributed by atoms with van der Waals surface area (Å²) in [6, 6.07) is 0.0970. The van der Waals surface area contributed by atoms with Crippen molar-refractivity contribution in [3.8, 4) is 0 Å². The number of nitrogens with two attached hydrogens (primary N) is 1. The molecule has 1 amide bonds. The van der Waals surface area contributed by atoms with Crippen LogP contribution in [0.1, 0.15) is 39.0 Å². The fourth-order valence-electron chi connectivity index (χ4n) is 3.82. The highest BCUT2D eigenvalue weighted by molar-refractivity contribution is 7.90. The van der Waals surface area contributed by atoms with Crippen molar-refractivity contribution < 1.29 is 41.4 Å². The van der Waals surface area contributed by atoms with E-state index < -0.39 is 60.9 Å². The Hall–Kier alpha value is -2.30. The zero-order valence-corrected chi connectivity index (χ0v) is 21.8. The Morgan fingerprint density at radius 3 is 2.44 bits per heavy atom. The molecule has 0 spiro atoms. The van der Waals surface area contributed by atoms with Crippen LogP contribution in [0.3, 0.4) is 0 Å². The highest BCUT2D eigenvalue weighted by Crippen LogP contribution is 2.24. The van der Waals surface area contributed by atoms with Gasteiger partial charge in [0.25, 0.3) is 0 Å². The Morgan fingerprint density at radius 1 is 1.19 bits per heavy atom. The molecular weight excluding hydrogens is 540 g/mol. The fourth-order valence-corrected chi connectivity index (χ4v) is 6.07. The van der Waals surface area contributed by atoms with Crippen LogP contribution in [0.2, 0.25) is 5.02 Å². The zero-order valence-electron chi connectivity index (χ0n) is 19.4. The van der Waals surface area contributed by atoms with Gasteiger partial charge in [-0.15, -0.1) is 0 Å². The van der Waals surface area contributed by atoms with Gasteiger partial charge in [-0.25, -0.2) is 31.5 Å². The van der Waals surface area contributed by atoms with Crippen molar-refractivity contribution in [3.63, 3.8) is 0 Å². The SMILES string of the molecule is C[C@H](N[C@@H](CCCCNS(=O)(=O)c1ccc(Cl)c(S(N)(=O)=O)c1)C(=O)O)C(=O)N1CCC[C@H]1C(=O)O. The third-order valence-electron chi connectivity index (χ3n) is 5.67. The lowest BCUT2D eigenvalue weighted by molar-refractivity contribution is -0.149. The van der Waals surface area contributed by atoms with E-state index in [1.807, 2.05) is 0 Å². The number of carboxylic acid groups (broad SMARTS) is 2. The van der Waals surface area contributed by atoms with E-state index in [4.69, 9.17) is 16.7 Å². The molecule has 1 heterocycles. The first kappa shape index (κ1) is 29.9. The molecule has 0 bridgehead atoms. The van der Waals surface area contributed by atoms with E-state index in [0.29, 0.717) is 12.8 Å². The smallest absolute Gasteiger partial charge is 0.326 e. The van der Waals surface area contributed by atoms with Crippen LogP contribution in [0.5, 0.6) is 0 Å². The molecule has 0 radical (unpaired) electrons. The average molecular weight is 569 g/mol. The second-order valence-corrected chi connectivity index (χ2v) is 12.0. The van der Waals surface area contributed by atoms with Crippen LogP contribution >= 0.6 is 11.6 Å². The summed E-state index contributed by atoms with van der Waals surface area (Å²) in [7, 11) is -8.32. The van der Waals surface area contributed by atoms with Gasteiger partial charge in [0.15, 0.2) is 0 Å². The number of amides is 1. The Kier molecular flexibility index (Phi) is 10.2. The van der Waals surface area contributed by atoms with Crippen molar-refractivity contribution >= 4 is 49.5 Å². The molecule has 6 N–H and O–H groups in total. The summed E-state index contributed by atoms with van der Waals surface area (Å²) in [6.07, 6.45) is 1.49. The summed E-state index contributed by atoms with van der Waals surface area (Å²) in [5.74, 6) is -2.81. The molecule has 3 atom stereocenters. The number of aliphatic carboxylic acids is 2. The number of unbranched alkanes of at least 4 members (excludes halogenated alkanes) is 1. The summed E-state index contributed by atoms with van der Waals surface area (Å²) >= 11 is 5.77. The minimum absolute atomic E-state index is 0.0649. The zero-order chi connectivity index (χ0) is 27.3. The molecule has 36 heavy (non-hydrogen) atoms. The van der Waals surface area contributed by atoms with E-state index in [-0.39, 0.29) is 42.3 Å². The van der Waals surface area contributed by atoms with Gasteiger partial charge in [0.05, 0.1) is 16.0 Å². The summed E-state index contributed by atoms with van der Waals surface area (Å²) in [4.78, 5) is 35.9. The maximum atomic E-state index is 12.6. The number of carbonyl (C=O) groups is 3. The summed E-state index contributed by atoms with van der Waals surface area (Å²) in [6.45, 7) is 1.68. The molecule has 13 nitrogen and oxygen atoms in total. The summed E-state index contributed by atoms with van der Waals surface area (Å²) < 4.78 is 50.4. The third-order valence-corrected chi connectivity index (χ3v) is 8.52. The second-order valence-electron chi connectivity index (χ2n) is 8.34. The van der Waals surface area contributed by atoms with Gasteiger partial charge >= 0.3 is 11.9 Å². The molecule has 2 rings (SSSR count). The Morgan fingerprint density at radius 2 is 1.86 bits per heavy atom. The largest absolute Gasteiger partial charge is 0.480 e. The van der Waals surface area contributed by atoms with E-state index in [0.717, 1.165) is 18.2 Å². The Balaban J connectivity index is 1.89. The Labute approximate surface area is 214 Å². The molecular formula is C20H29ClN4O9S2. The minimum Gasteiger partial charge on any atom is -0.480 e. The molecule has 0 saturated carbocycles. The van der Waals surface area contributed by atoms with Crippen LogP contribution in [0.15, 0.2) is 28.0 Å². The van der Waals surface area contributed by atoms with Crippen LogP contribution < -0.4 is 15.2 Å². The van der Waals surface area contributed by atoms with Crippen LogP contribution in [-0.2, 0) is 34.4 Å². The van der Waals surface area contributed by atoms with Gasteiger partial charge in [0, 0.05) is 13.1 Å². The highest BCUT2D eigenvalue weighted by atomic mass is 35.5. The van der Waals surface area contributed by atoms with E-state index in [1.54, 1.807) is 0 Å². The quantitative estimate of drug-likeness (QED) is 0.200. The van der Waals surface area contributed by atoms with E-state index in [1.165, 1.54) is 11.8 Å². The fraction of sp³-hybridized carbons (Fsp3) is 0.550. The average Bonchev–Trinajstić information content (AvgIpc) is 3.26. The van der Waals surface area contributed by atoms with Crippen molar-refractivity contribution in [2.24, 2.45) is 5.14 Å². The molecule has 1 aromatic rings. The number of hydrogen-bond donors (Lipinski definition) is 5. The summed E-state index contributed by atoms with van der Waals surface area (Å²) in [5.41, 5.74) is 0. The molecule has 202 valence electrons. The number of carboxylic acids is 2. The monoisotopic (exact) mass is 568 g/mol. The molecule has 1 aromatic carbocycles. The number of nitrogens with zero attached hydrogens (tertiary/aromatic N) is 1. The number of likely N-dealkylation sites (tertiary alicyclic amines) is 1. The standard InChI is InChI=1S/C20H29ClN4O9S2/c1-12(18(26)25-10-4-6-16(25)20(29)30)24-15(19(27)28)5-2-3-9-23-36(33,34)13-7-8-14(21)17(11-13)35(22,31)32/h7-8,11-12,15-16,23-24H,2-6,9-10H2,1H3,(H,27,28)(H,29,30)(H2,22,31,32)/t12-,15-,16-/m0/s1. The molecule has 0 unspecified atom stereocenters. The van der Waals surface area contributed by atoms with Crippen LogP contribution in [0.4, 0.5) is 0 Å². The number of rotatable bonds is 13. The third kappa shape index (κ3) is 7.85. The Bertz CT molecular complexity index is 1210. The molecule has 1 saturated heterocycles. The van der Waals surface area contributed by atoms with Gasteiger partial charge < -0.3 is 15.1 Å². The summed E-state index contributed by atoms with van der Waals surface area (Å²) in [5, 5.41) is 26.3. The number of nitrogens with one attached hydrogen (secondary N) is 2. The maximum Gasteiger partial charge on any atom is 0.326 e. The van der Waals surface area contributed by atoms with Crippen molar-refractivity contribution in [1.29, 1.82) is 0 Å². The normalized spacial score (nSPS) is 18.1. The van der Waals surface area contributed by atoms with Crippen molar-refractivity contribution in [1.82, 2.24) is 14.9 Å². The molecule has 0 aromatic heterocycles. The lowest BCUT2D eigenvalue weighted by Gasteiger charge is -2.27. The van der Waals surface area contributed by atoms with Gasteiger partial charge in [0.2, 0.25) is 26.0 Å². The number of benzene rings is 1.